The summed E-state index contributed by atoms with van der Waals surface area (Å²) in [6.45, 7) is 0. The van der Waals surface area contributed by atoms with E-state index in [1.807, 2.05) is 54.6 Å². The fraction of sp³-hybridized carbons (Fsp3) is 0. The lowest BCUT2D eigenvalue weighted by molar-refractivity contribution is 0.628. The summed E-state index contributed by atoms with van der Waals surface area (Å²) in [5.41, 5.74) is 5.34. The van der Waals surface area contributed by atoms with E-state index in [-0.39, 0.29) is 5.82 Å². The first-order chi connectivity index (χ1) is 12.7. The van der Waals surface area contributed by atoms with Gasteiger partial charge in [0.25, 0.3) is 0 Å². The fourth-order valence-corrected chi connectivity index (χ4v) is 3.02. The lowest BCUT2D eigenvalue weighted by atomic mass is 10.0. The summed E-state index contributed by atoms with van der Waals surface area (Å²) < 4.78 is 14.3. The van der Waals surface area contributed by atoms with Gasteiger partial charge in [0.05, 0.1) is 17.1 Å². The Morgan fingerprint density at radius 1 is 0.654 bits per heavy atom. The molecule has 0 aliphatic carbocycles. The Balaban J connectivity index is 1.89. The van der Waals surface area contributed by atoms with Crippen molar-refractivity contribution in [3.63, 3.8) is 0 Å². The third-order valence-corrected chi connectivity index (χ3v) is 4.60. The number of benzene rings is 2. The van der Waals surface area contributed by atoms with Gasteiger partial charge < -0.3 is 0 Å². The average molecular weight is 405 g/mol. The molecule has 2 nitrogen and oxygen atoms in total. The van der Waals surface area contributed by atoms with Gasteiger partial charge in [-0.2, -0.15) is 0 Å². The van der Waals surface area contributed by atoms with Crippen LogP contribution in [0.1, 0.15) is 0 Å². The summed E-state index contributed by atoms with van der Waals surface area (Å²) in [6, 6.07) is 24.2. The molecule has 0 saturated carbocycles. The van der Waals surface area contributed by atoms with E-state index >= 15 is 0 Å². The minimum Gasteiger partial charge on any atom is -0.255 e. The first-order valence-corrected chi connectivity index (χ1v) is 8.94. The molecule has 4 heteroatoms. The van der Waals surface area contributed by atoms with Crippen LogP contribution in [0.4, 0.5) is 4.39 Å². The molecule has 2 aromatic carbocycles. The second-order valence-electron chi connectivity index (χ2n) is 5.86. The highest BCUT2D eigenvalue weighted by atomic mass is 79.9. The van der Waals surface area contributed by atoms with Crippen LogP contribution in [0.15, 0.2) is 89.5 Å². The van der Waals surface area contributed by atoms with Crippen molar-refractivity contribution in [1.82, 2.24) is 9.97 Å². The number of pyridine rings is 2. The number of rotatable bonds is 3. The van der Waals surface area contributed by atoms with E-state index in [4.69, 9.17) is 4.98 Å². The molecule has 0 fully saturated rings. The van der Waals surface area contributed by atoms with E-state index in [9.17, 15) is 4.39 Å². The van der Waals surface area contributed by atoms with Crippen molar-refractivity contribution in [2.45, 2.75) is 0 Å². The molecule has 4 aromatic rings. The zero-order valence-electron chi connectivity index (χ0n) is 13.7. The number of nitrogens with zero attached hydrogens (tertiary/aromatic N) is 2. The maximum Gasteiger partial charge on any atom is 0.123 e. The van der Waals surface area contributed by atoms with Gasteiger partial charge in [0.1, 0.15) is 5.82 Å². The molecule has 4 rings (SSSR count). The van der Waals surface area contributed by atoms with Gasteiger partial charge in [-0.15, -0.1) is 0 Å². The predicted molar refractivity (Wildman–Crippen MR) is 106 cm³/mol. The molecule has 0 spiro atoms. The van der Waals surface area contributed by atoms with E-state index in [1.54, 1.807) is 18.3 Å². The Labute approximate surface area is 159 Å². The van der Waals surface area contributed by atoms with Gasteiger partial charge in [-0.3, -0.25) is 4.98 Å². The molecule has 2 aromatic heterocycles. The van der Waals surface area contributed by atoms with E-state index in [1.165, 1.54) is 12.1 Å². The molecule has 0 aliphatic rings. The quantitative estimate of drug-likeness (QED) is 0.395. The van der Waals surface area contributed by atoms with Crippen LogP contribution in [0, 0.1) is 5.82 Å². The monoisotopic (exact) mass is 404 g/mol. The molecule has 0 aliphatic heterocycles. The Morgan fingerprint density at radius 3 is 2.04 bits per heavy atom. The van der Waals surface area contributed by atoms with Crippen LogP contribution < -0.4 is 0 Å². The van der Waals surface area contributed by atoms with Crippen LogP contribution in [0.2, 0.25) is 0 Å². The molecule has 0 amide bonds. The zero-order valence-corrected chi connectivity index (χ0v) is 15.3. The fourth-order valence-electron chi connectivity index (χ4n) is 2.75. The molecule has 0 bridgehead atoms. The topological polar surface area (TPSA) is 25.8 Å². The SMILES string of the molecule is Fc1ccc(-c2cc(-c3ccc(Br)cc3)nc(-c3ccccn3)c2)cc1. The van der Waals surface area contributed by atoms with Crippen LogP contribution in [-0.4, -0.2) is 9.97 Å². The Morgan fingerprint density at radius 2 is 1.35 bits per heavy atom. The number of hydrogen-bond acceptors (Lipinski definition) is 2. The molecular weight excluding hydrogens is 391 g/mol. The maximum absolute atomic E-state index is 13.3. The third kappa shape index (κ3) is 3.55. The summed E-state index contributed by atoms with van der Waals surface area (Å²) in [4.78, 5) is 9.21. The van der Waals surface area contributed by atoms with E-state index in [0.717, 1.165) is 38.2 Å². The van der Waals surface area contributed by atoms with Crippen molar-refractivity contribution >= 4 is 15.9 Å². The van der Waals surface area contributed by atoms with Crippen molar-refractivity contribution < 1.29 is 4.39 Å². The minimum atomic E-state index is -0.249. The van der Waals surface area contributed by atoms with Crippen molar-refractivity contribution in [3.8, 4) is 33.8 Å². The highest BCUT2D eigenvalue weighted by molar-refractivity contribution is 9.10. The standard InChI is InChI=1S/C22H14BrFN2/c23-18-8-4-16(5-9-18)21-13-17(15-6-10-19(24)11-7-15)14-22(26-21)20-3-1-2-12-25-20/h1-14H. The number of hydrogen-bond donors (Lipinski definition) is 0. The van der Waals surface area contributed by atoms with E-state index < -0.39 is 0 Å². The number of aromatic nitrogens is 2. The van der Waals surface area contributed by atoms with Gasteiger partial charge in [0.2, 0.25) is 0 Å². The number of halogens is 2. The molecule has 0 radical (unpaired) electrons. The van der Waals surface area contributed by atoms with Crippen LogP contribution in [-0.2, 0) is 0 Å². The molecular formula is C22H14BrFN2. The summed E-state index contributed by atoms with van der Waals surface area (Å²) in [6.07, 6.45) is 1.75. The highest BCUT2D eigenvalue weighted by Crippen LogP contribution is 2.30. The summed E-state index contributed by atoms with van der Waals surface area (Å²) in [5, 5.41) is 0. The predicted octanol–water partition coefficient (Wildman–Crippen LogP) is 6.38. The van der Waals surface area contributed by atoms with Crippen molar-refractivity contribution in [1.29, 1.82) is 0 Å². The minimum absolute atomic E-state index is 0.249. The van der Waals surface area contributed by atoms with Gasteiger partial charge in [-0.05, 0) is 59.7 Å². The van der Waals surface area contributed by atoms with Gasteiger partial charge >= 0.3 is 0 Å². The molecule has 0 unspecified atom stereocenters. The van der Waals surface area contributed by atoms with Gasteiger partial charge in [-0.1, -0.05) is 46.3 Å². The normalized spacial score (nSPS) is 10.7. The highest BCUT2D eigenvalue weighted by Gasteiger charge is 2.09. The van der Waals surface area contributed by atoms with Gasteiger partial charge in [-0.25, -0.2) is 9.37 Å². The molecule has 0 atom stereocenters. The molecule has 126 valence electrons. The summed E-state index contributed by atoms with van der Waals surface area (Å²) >= 11 is 3.46. The largest absolute Gasteiger partial charge is 0.255 e. The smallest absolute Gasteiger partial charge is 0.123 e. The first-order valence-electron chi connectivity index (χ1n) is 8.14. The van der Waals surface area contributed by atoms with E-state index in [2.05, 4.69) is 20.9 Å². The Kier molecular flexibility index (Phi) is 4.59. The average Bonchev–Trinajstić information content (AvgIpc) is 2.69. The van der Waals surface area contributed by atoms with Crippen LogP contribution in [0.5, 0.6) is 0 Å². The van der Waals surface area contributed by atoms with Crippen LogP contribution >= 0.6 is 15.9 Å². The molecule has 2 heterocycles. The van der Waals surface area contributed by atoms with Crippen molar-refractivity contribution in [2.75, 3.05) is 0 Å². The molecule has 0 N–H and O–H groups in total. The third-order valence-electron chi connectivity index (χ3n) is 4.07. The molecule has 0 saturated heterocycles. The summed E-state index contributed by atoms with van der Waals surface area (Å²) in [7, 11) is 0. The Hall–Kier alpha value is -2.85. The molecule has 26 heavy (non-hydrogen) atoms. The van der Waals surface area contributed by atoms with Crippen LogP contribution in [0.25, 0.3) is 33.8 Å². The zero-order chi connectivity index (χ0) is 17.9. The second-order valence-corrected chi connectivity index (χ2v) is 6.77. The second kappa shape index (κ2) is 7.18. The Bertz CT molecular complexity index is 966. The van der Waals surface area contributed by atoms with E-state index in [0.29, 0.717) is 0 Å². The lowest BCUT2D eigenvalue weighted by Crippen LogP contribution is -1.92. The van der Waals surface area contributed by atoms with Crippen molar-refractivity contribution in [3.05, 3.63) is 95.3 Å². The van der Waals surface area contributed by atoms with Crippen LogP contribution in [0.3, 0.4) is 0 Å². The van der Waals surface area contributed by atoms with Crippen molar-refractivity contribution in [2.24, 2.45) is 0 Å². The maximum atomic E-state index is 13.3. The van der Waals surface area contributed by atoms with Gasteiger partial charge in [0, 0.05) is 16.2 Å². The first kappa shape index (κ1) is 16.6. The lowest BCUT2D eigenvalue weighted by Gasteiger charge is -2.10. The summed E-state index contributed by atoms with van der Waals surface area (Å²) in [5.74, 6) is -0.249. The van der Waals surface area contributed by atoms with Gasteiger partial charge in [0.15, 0.2) is 0 Å².